The number of nitrogens with zero attached hydrogens (tertiary/aromatic N) is 1. The lowest BCUT2D eigenvalue weighted by molar-refractivity contribution is 0.247. The van der Waals surface area contributed by atoms with Crippen molar-refractivity contribution in [2.75, 3.05) is 18.7 Å². The Morgan fingerprint density at radius 2 is 1.64 bits per heavy atom. The number of sulfone groups is 1. The van der Waals surface area contributed by atoms with Gasteiger partial charge in [0.1, 0.15) is 18.1 Å². The van der Waals surface area contributed by atoms with Crippen molar-refractivity contribution in [1.82, 2.24) is 5.16 Å². The number of halogens is 1. The fraction of sp³-hybridized carbons (Fsp3) is 0.400. The standard InChI is InChI=1S/C25H30ClNO5S/c1-17-13-20(14-18(2)24(17)30-12-6-11-26)25(3,4)19-7-9-21(10-8-19)31-16-22-15-23(27-32-22)33(5,28)29/h7-10,13-15H,6,11-12,16H2,1-5H3. The third-order valence-corrected chi connectivity index (χ3v) is 6.80. The minimum absolute atomic E-state index is 0.0921. The van der Waals surface area contributed by atoms with Crippen molar-refractivity contribution in [3.05, 3.63) is 70.5 Å². The molecule has 3 aromatic rings. The zero-order valence-electron chi connectivity index (χ0n) is 19.6. The SMILES string of the molecule is Cc1cc(C(C)(C)c2ccc(OCc3cc(S(C)(=O)=O)no3)cc2)cc(C)c1OCCCCl. The predicted molar refractivity (Wildman–Crippen MR) is 129 cm³/mol. The molecule has 0 aliphatic carbocycles. The van der Waals surface area contributed by atoms with E-state index in [-0.39, 0.29) is 17.0 Å². The zero-order chi connectivity index (χ0) is 24.2. The first kappa shape index (κ1) is 25.1. The zero-order valence-corrected chi connectivity index (χ0v) is 21.2. The quantitative estimate of drug-likeness (QED) is 0.271. The molecule has 0 amide bonds. The number of alkyl halides is 1. The molecule has 1 heterocycles. The molecule has 3 rings (SSSR count). The van der Waals surface area contributed by atoms with Gasteiger partial charge in [0.25, 0.3) is 0 Å². The summed E-state index contributed by atoms with van der Waals surface area (Å²) in [6, 6.07) is 13.6. The Morgan fingerprint density at radius 1 is 1.00 bits per heavy atom. The number of rotatable bonds is 10. The number of benzene rings is 2. The molecule has 0 aliphatic rings. The highest BCUT2D eigenvalue weighted by Crippen LogP contribution is 2.36. The smallest absolute Gasteiger partial charge is 0.198 e. The monoisotopic (exact) mass is 491 g/mol. The maximum absolute atomic E-state index is 11.5. The molecule has 0 radical (unpaired) electrons. The van der Waals surface area contributed by atoms with Crippen LogP contribution >= 0.6 is 11.6 Å². The topological polar surface area (TPSA) is 78.6 Å². The Hall–Kier alpha value is -2.51. The van der Waals surface area contributed by atoms with E-state index in [4.69, 9.17) is 25.6 Å². The van der Waals surface area contributed by atoms with E-state index in [1.165, 1.54) is 11.6 Å². The number of aryl methyl sites for hydroxylation is 2. The maximum Gasteiger partial charge on any atom is 0.198 e. The lowest BCUT2D eigenvalue weighted by atomic mass is 9.77. The van der Waals surface area contributed by atoms with Crippen molar-refractivity contribution in [2.45, 2.75) is 51.2 Å². The Kier molecular flexibility index (Phi) is 7.75. The van der Waals surface area contributed by atoms with E-state index < -0.39 is 9.84 Å². The Bertz CT molecular complexity index is 1180. The minimum atomic E-state index is -3.40. The molecule has 33 heavy (non-hydrogen) atoms. The van der Waals surface area contributed by atoms with Crippen LogP contribution in [-0.2, 0) is 21.9 Å². The van der Waals surface area contributed by atoms with Gasteiger partial charge in [-0.25, -0.2) is 8.42 Å². The molecule has 0 fully saturated rings. The van der Waals surface area contributed by atoms with Gasteiger partial charge in [-0.1, -0.05) is 43.3 Å². The van der Waals surface area contributed by atoms with Crippen LogP contribution in [0.5, 0.6) is 11.5 Å². The summed E-state index contributed by atoms with van der Waals surface area (Å²) in [6.07, 6.45) is 1.90. The molecule has 2 aromatic carbocycles. The first-order valence-electron chi connectivity index (χ1n) is 10.7. The van der Waals surface area contributed by atoms with E-state index in [0.717, 1.165) is 35.1 Å². The summed E-state index contributed by atoms with van der Waals surface area (Å²) in [6.45, 7) is 9.21. The van der Waals surface area contributed by atoms with E-state index in [1.807, 2.05) is 24.3 Å². The van der Waals surface area contributed by atoms with Crippen molar-refractivity contribution in [3.63, 3.8) is 0 Å². The van der Waals surface area contributed by atoms with Crippen LogP contribution in [0.3, 0.4) is 0 Å². The van der Waals surface area contributed by atoms with E-state index in [1.54, 1.807) is 0 Å². The van der Waals surface area contributed by atoms with Crippen LogP contribution in [-0.4, -0.2) is 32.3 Å². The number of hydrogen-bond acceptors (Lipinski definition) is 6. The van der Waals surface area contributed by atoms with Crippen molar-refractivity contribution >= 4 is 21.4 Å². The molecular weight excluding hydrogens is 462 g/mol. The molecule has 178 valence electrons. The fourth-order valence-electron chi connectivity index (χ4n) is 3.59. The third-order valence-electron chi connectivity index (χ3n) is 5.58. The lowest BCUT2D eigenvalue weighted by Crippen LogP contribution is -2.19. The van der Waals surface area contributed by atoms with Gasteiger partial charge in [-0.2, -0.15) is 0 Å². The summed E-state index contributed by atoms with van der Waals surface area (Å²) in [5.74, 6) is 2.51. The fourth-order valence-corrected chi connectivity index (χ4v) is 4.22. The van der Waals surface area contributed by atoms with Crippen LogP contribution in [0.2, 0.25) is 0 Å². The number of aromatic nitrogens is 1. The van der Waals surface area contributed by atoms with Crippen molar-refractivity contribution in [1.29, 1.82) is 0 Å². The van der Waals surface area contributed by atoms with Gasteiger partial charge in [0.05, 0.1) is 6.61 Å². The van der Waals surface area contributed by atoms with E-state index >= 15 is 0 Å². The van der Waals surface area contributed by atoms with Crippen molar-refractivity contribution in [2.24, 2.45) is 0 Å². The molecule has 8 heteroatoms. The van der Waals surface area contributed by atoms with Gasteiger partial charge < -0.3 is 14.0 Å². The van der Waals surface area contributed by atoms with Gasteiger partial charge in [-0.05, 0) is 54.7 Å². The van der Waals surface area contributed by atoms with Crippen LogP contribution in [0.25, 0.3) is 0 Å². The Balaban J connectivity index is 1.72. The summed E-state index contributed by atoms with van der Waals surface area (Å²) in [4.78, 5) is 0. The Labute approximate surface area is 200 Å². The van der Waals surface area contributed by atoms with Gasteiger partial charge >= 0.3 is 0 Å². The van der Waals surface area contributed by atoms with Crippen LogP contribution in [0, 0.1) is 13.8 Å². The Morgan fingerprint density at radius 3 is 2.18 bits per heavy atom. The van der Waals surface area contributed by atoms with E-state index in [9.17, 15) is 8.42 Å². The average molecular weight is 492 g/mol. The normalized spacial score (nSPS) is 12.1. The second-order valence-electron chi connectivity index (χ2n) is 8.67. The maximum atomic E-state index is 11.5. The molecule has 0 saturated heterocycles. The number of ether oxygens (including phenoxy) is 2. The molecule has 1 aromatic heterocycles. The highest BCUT2D eigenvalue weighted by molar-refractivity contribution is 7.90. The molecule has 6 nitrogen and oxygen atoms in total. The highest BCUT2D eigenvalue weighted by Gasteiger charge is 2.25. The lowest BCUT2D eigenvalue weighted by Gasteiger charge is -2.28. The third kappa shape index (κ3) is 6.09. The van der Waals surface area contributed by atoms with Crippen LogP contribution in [0.1, 0.15) is 48.3 Å². The van der Waals surface area contributed by atoms with Crippen LogP contribution in [0.15, 0.2) is 52.0 Å². The molecule has 0 aliphatic heterocycles. The summed E-state index contributed by atoms with van der Waals surface area (Å²) >= 11 is 5.76. The molecule has 0 N–H and O–H groups in total. The highest BCUT2D eigenvalue weighted by atomic mass is 35.5. The van der Waals surface area contributed by atoms with Gasteiger partial charge in [0, 0.05) is 23.6 Å². The summed E-state index contributed by atoms with van der Waals surface area (Å²) in [5.41, 5.74) is 4.33. The van der Waals surface area contributed by atoms with Gasteiger partial charge in [-0.15, -0.1) is 11.6 Å². The molecule has 0 spiro atoms. The molecular formula is C25H30ClNO5S. The first-order valence-corrected chi connectivity index (χ1v) is 13.1. The van der Waals surface area contributed by atoms with Crippen molar-refractivity contribution < 1.29 is 22.4 Å². The average Bonchev–Trinajstić information content (AvgIpc) is 3.24. The number of hydrogen-bond donors (Lipinski definition) is 0. The molecule has 0 bridgehead atoms. The summed E-state index contributed by atoms with van der Waals surface area (Å²) in [7, 11) is -3.40. The van der Waals surface area contributed by atoms with Gasteiger partial charge in [0.2, 0.25) is 0 Å². The first-order chi connectivity index (χ1) is 15.5. The van der Waals surface area contributed by atoms with Crippen LogP contribution < -0.4 is 9.47 Å². The second kappa shape index (κ2) is 10.2. The summed E-state index contributed by atoms with van der Waals surface area (Å²) in [5, 5.41) is 3.47. The molecule has 0 unspecified atom stereocenters. The van der Waals surface area contributed by atoms with E-state index in [0.29, 0.717) is 24.0 Å². The predicted octanol–water partition coefficient (Wildman–Crippen LogP) is 5.61. The van der Waals surface area contributed by atoms with Gasteiger partial charge in [-0.3, -0.25) is 0 Å². The summed E-state index contributed by atoms with van der Waals surface area (Å²) < 4.78 is 39.7. The van der Waals surface area contributed by atoms with Crippen LogP contribution in [0.4, 0.5) is 0 Å². The van der Waals surface area contributed by atoms with E-state index in [2.05, 4.69) is 45.0 Å². The largest absolute Gasteiger partial charge is 0.493 e. The van der Waals surface area contributed by atoms with Crippen molar-refractivity contribution in [3.8, 4) is 11.5 Å². The molecule has 0 atom stereocenters. The minimum Gasteiger partial charge on any atom is -0.493 e. The molecule has 0 saturated carbocycles. The van der Waals surface area contributed by atoms with Gasteiger partial charge in [0.15, 0.2) is 20.6 Å². The second-order valence-corrected chi connectivity index (χ2v) is 11.0.